The number of hydrogen-bond donors (Lipinski definition) is 1. The van der Waals surface area contributed by atoms with Crippen LogP contribution < -0.4 is 5.73 Å². The molecule has 2 N–H and O–H groups in total. The van der Waals surface area contributed by atoms with E-state index in [1.54, 1.807) is 0 Å². The topological polar surface area (TPSA) is 26.0 Å². The first kappa shape index (κ1) is 13.5. The van der Waals surface area contributed by atoms with Crippen molar-refractivity contribution in [2.45, 2.75) is 19.4 Å². The van der Waals surface area contributed by atoms with Crippen molar-refractivity contribution < 1.29 is 8.78 Å². The number of thiophene rings is 1. The third kappa shape index (κ3) is 2.55. The van der Waals surface area contributed by atoms with Crippen LogP contribution in [-0.4, -0.2) is 0 Å². The van der Waals surface area contributed by atoms with Crippen molar-refractivity contribution in [1.82, 2.24) is 0 Å². The Morgan fingerprint density at radius 2 is 2.00 bits per heavy atom. The molecule has 1 aromatic heterocycles. The molecule has 0 aliphatic carbocycles. The van der Waals surface area contributed by atoms with E-state index in [2.05, 4.69) is 0 Å². The normalized spacial score (nSPS) is 12.7. The molecule has 5 heteroatoms. The van der Waals surface area contributed by atoms with E-state index in [9.17, 15) is 8.78 Å². The van der Waals surface area contributed by atoms with Crippen LogP contribution in [0.15, 0.2) is 24.3 Å². The Hall–Kier alpha value is -0.970. The summed E-state index contributed by atoms with van der Waals surface area (Å²) in [5, 5.41) is -0.233. The Kier molecular flexibility index (Phi) is 4.00. The first-order valence-electron chi connectivity index (χ1n) is 5.51. The Balaban J connectivity index is 2.39. The zero-order chi connectivity index (χ0) is 13.3. The monoisotopic (exact) mass is 287 g/mol. The highest BCUT2D eigenvalue weighted by Gasteiger charge is 2.18. The minimum absolute atomic E-state index is 0.126. The molecule has 1 nitrogen and oxygen atoms in total. The fourth-order valence-corrected chi connectivity index (χ4v) is 2.80. The molecule has 0 saturated carbocycles. The summed E-state index contributed by atoms with van der Waals surface area (Å²) < 4.78 is 27.1. The summed E-state index contributed by atoms with van der Waals surface area (Å²) in [6, 6.07) is 5.15. The summed E-state index contributed by atoms with van der Waals surface area (Å²) in [7, 11) is 0. The van der Waals surface area contributed by atoms with Gasteiger partial charge in [-0.2, -0.15) is 0 Å². The lowest BCUT2D eigenvalue weighted by molar-refractivity contribution is 0.578. The second-order valence-corrected chi connectivity index (χ2v) is 5.53. The van der Waals surface area contributed by atoms with Gasteiger partial charge in [0, 0.05) is 15.3 Å². The lowest BCUT2D eigenvalue weighted by atomic mass is 10.1. The van der Waals surface area contributed by atoms with Crippen molar-refractivity contribution in [3.8, 4) is 0 Å². The van der Waals surface area contributed by atoms with Gasteiger partial charge in [-0.05, 0) is 30.7 Å². The SMILES string of the molecule is CCc1ccc(C(N)c2cc(F)c(Cl)cc2F)s1. The lowest BCUT2D eigenvalue weighted by Crippen LogP contribution is -2.12. The molecule has 2 aromatic rings. The van der Waals surface area contributed by atoms with Crippen LogP contribution in [-0.2, 0) is 6.42 Å². The zero-order valence-corrected chi connectivity index (χ0v) is 11.3. The van der Waals surface area contributed by atoms with Crippen LogP contribution in [0.4, 0.5) is 8.78 Å². The van der Waals surface area contributed by atoms with Crippen LogP contribution in [0.2, 0.25) is 5.02 Å². The molecule has 0 radical (unpaired) electrons. The van der Waals surface area contributed by atoms with E-state index in [0.717, 1.165) is 28.3 Å². The van der Waals surface area contributed by atoms with Crippen LogP contribution >= 0.6 is 22.9 Å². The maximum absolute atomic E-state index is 13.7. The van der Waals surface area contributed by atoms with E-state index in [-0.39, 0.29) is 10.6 Å². The van der Waals surface area contributed by atoms with Gasteiger partial charge in [-0.15, -0.1) is 11.3 Å². The third-order valence-corrected chi connectivity index (χ3v) is 4.31. The molecule has 0 aliphatic heterocycles. The highest BCUT2D eigenvalue weighted by molar-refractivity contribution is 7.12. The van der Waals surface area contributed by atoms with E-state index < -0.39 is 17.7 Å². The number of benzene rings is 1. The van der Waals surface area contributed by atoms with Gasteiger partial charge >= 0.3 is 0 Å². The van der Waals surface area contributed by atoms with Gasteiger partial charge in [0.15, 0.2) is 0 Å². The number of nitrogens with two attached hydrogens (primary N) is 1. The predicted molar refractivity (Wildman–Crippen MR) is 71.1 cm³/mol. The molecule has 96 valence electrons. The third-order valence-electron chi connectivity index (χ3n) is 2.71. The van der Waals surface area contributed by atoms with Gasteiger partial charge in [-0.25, -0.2) is 8.78 Å². The molecule has 1 heterocycles. The Labute approximate surface area is 113 Å². The van der Waals surface area contributed by atoms with Crippen molar-refractivity contribution in [2.75, 3.05) is 0 Å². The molecule has 1 unspecified atom stereocenters. The summed E-state index contributed by atoms with van der Waals surface area (Å²) in [5.74, 6) is -1.24. The maximum atomic E-state index is 13.7. The van der Waals surface area contributed by atoms with Gasteiger partial charge in [-0.1, -0.05) is 18.5 Å². The first-order valence-corrected chi connectivity index (χ1v) is 6.71. The van der Waals surface area contributed by atoms with Crippen LogP contribution in [0.5, 0.6) is 0 Å². The fourth-order valence-electron chi connectivity index (χ4n) is 1.68. The second-order valence-electron chi connectivity index (χ2n) is 3.92. The maximum Gasteiger partial charge on any atom is 0.142 e. The van der Waals surface area contributed by atoms with E-state index in [0.29, 0.717) is 0 Å². The van der Waals surface area contributed by atoms with E-state index >= 15 is 0 Å². The molecule has 0 aliphatic rings. The molecular formula is C13H12ClF2NS. The standard InChI is InChI=1S/C13H12ClF2NS/c1-2-7-3-4-12(18-7)13(17)8-5-11(16)9(14)6-10(8)15/h3-6,13H,2,17H2,1H3. The fraction of sp³-hybridized carbons (Fsp3) is 0.231. The summed E-state index contributed by atoms with van der Waals surface area (Å²) in [6.45, 7) is 2.03. The van der Waals surface area contributed by atoms with Crippen LogP contribution in [0, 0.1) is 11.6 Å². The summed E-state index contributed by atoms with van der Waals surface area (Å²) in [4.78, 5) is 1.97. The largest absolute Gasteiger partial charge is 0.320 e. The predicted octanol–water partition coefficient (Wildman–Crippen LogP) is 4.29. The number of halogens is 3. The molecule has 2 rings (SSSR count). The van der Waals surface area contributed by atoms with Gasteiger partial charge in [0.25, 0.3) is 0 Å². The van der Waals surface area contributed by atoms with Crippen molar-refractivity contribution >= 4 is 22.9 Å². The average Bonchev–Trinajstić information content (AvgIpc) is 2.81. The highest BCUT2D eigenvalue weighted by atomic mass is 35.5. The molecule has 0 saturated heterocycles. The number of rotatable bonds is 3. The van der Waals surface area contributed by atoms with E-state index in [1.807, 2.05) is 19.1 Å². The minimum Gasteiger partial charge on any atom is -0.320 e. The minimum atomic E-state index is -0.665. The Morgan fingerprint density at radius 3 is 2.61 bits per heavy atom. The highest BCUT2D eigenvalue weighted by Crippen LogP contribution is 2.30. The van der Waals surface area contributed by atoms with Crippen LogP contribution in [0.3, 0.4) is 0 Å². The van der Waals surface area contributed by atoms with Crippen molar-refractivity contribution in [1.29, 1.82) is 0 Å². The van der Waals surface area contributed by atoms with Crippen LogP contribution in [0.1, 0.15) is 28.3 Å². The quantitative estimate of drug-likeness (QED) is 0.837. The van der Waals surface area contributed by atoms with Gasteiger partial charge in [0.1, 0.15) is 11.6 Å². The summed E-state index contributed by atoms with van der Waals surface area (Å²) in [6.07, 6.45) is 0.898. The zero-order valence-electron chi connectivity index (χ0n) is 9.71. The van der Waals surface area contributed by atoms with Crippen molar-refractivity contribution in [3.63, 3.8) is 0 Å². The number of hydrogen-bond acceptors (Lipinski definition) is 2. The second kappa shape index (κ2) is 5.34. The molecule has 18 heavy (non-hydrogen) atoms. The van der Waals surface area contributed by atoms with Gasteiger partial charge < -0.3 is 5.73 Å². The smallest absolute Gasteiger partial charge is 0.142 e. The molecule has 0 fully saturated rings. The molecule has 1 atom stereocenters. The first-order chi connectivity index (χ1) is 8.52. The molecule has 1 aromatic carbocycles. The van der Waals surface area contributed by atoms with Crippen molar-refractivity contribution in [2.24, 2.45) is 5.73 Å². The van der Waals surface area contributed by atoms with Crippen LogP contribution in [0.25, 0.3) is 0 Å². The van der Waals surface area contributed by atoms with E-state index in [4.69, 9.17) is 17.3 Å². The summed E-state index contributed by atoms with van der Waals surface area (Å²) in [5.41, 5.74) is 6.09. The number of aryl methyl sites for hydroxylation is 1. The van der Waals surface area contributed by atoms with Gasteiger partial charge in [0.2, 0.25) is 0 Å². The summed E-state index contributed by atoms with van der Waals surface area (Å²) >= 11 is 7.02. The lowest BCUT2D eigenvalue weighted by Gasteiger charge is -2.12. The Bertz CT molecular complexity index is 568. The molecule has 0 bridgehead atoms. The molecular weight excluding hydrogens is 276 g/mol. The van der Waals surface area contributed by atoms with Gasteiger partial charge in [-0.3, -0.25) is 0 Å². The average molecular weight is 288 g/mol. The van der Waals surface area contributed by atoms with Gasteiger partial charge in [0.05, 0.1) is 11.1 Å². The Morgan fingerprint density at radius 1 is 1.28 bits per heavy atom. The molecule has 0 spiro atoms. The van der Waals surface area contributed by atoms with Crippen molar-refractivity contribution in [3.05, 3.63) is 56.2 Å². The van der Waals surface area contributed by atoms with E-state index in [1.165, 1.54) is 11.3 Å². The molecule has 0 amide bonds.